The van der Waals surface area contributed by atoms with Crippen molar-refractivity contribution >= 4 is 29.9 Å². The maximum Gasteiger partial charge on any atom is 0.407 e. The topological polar surface area (TPSA) is 218 Å². The van der Waals surface area contributed by atoms with Crippen LogP contribution in [0.5, 0.6) is 0 Å². The number of carbonyl (C=O) groups excluding carboxylic acids is 4. The molecule has 3 fully saturated rings. The number of halogens is 10. The van der Waals surface area contributed by atoms with E-state index in [4.69, 9.17) is 4.74 Å². The Morgan fingerprint density at radius 3 is 1.76 bits per heavy atom. The fraction of sp³-hybridized carbons (Fsp3) is 0.540. The van der Waals surface area contributed by atoms with Crippen molar-refractivity contribution in [1.82, 2.24) is 50.8 Å². The van der Waals surface area contributed by atoms with Crippen molar-refractivity contribution in [2.45, 2.75) is 115 Å². The molecule has 432 valence electrons. The third-order valence-electron chi connectivity index (χ3n) is 14.6. The first-order valence-corrected chi connectivity index (χ1v) is 24.7. The number of anilines is 1. The van der Waals surface area contributed by atoms with E-state index in [1.54, 1.807) is 29.8 Å². The molecule has 5 N–H and O–H groups in total. The Morgan fingerprint density at radius 1 is 0.759 bits per heavy atom. The standard InChI is InChI=1S/C50H59F10N11O8/c1-47(2,49(55,56)57)39(65-45(75)77-5)41(73)64-36(13-26-7-9-27(10-8-26)29-16-61-44(62-17-29)68-18-30-11-12-31(19-68)71(30)32-23-79-24-32)38(72)22-70(67-42(74)40(66-46(76)78-6)48(3,4)50(58,59)60)20-33-34(51)14-28(15-35(33)52)37-21-69(25-63-37)43(53)54/h7-10,14-17,21,25,30-32,36,38-40,43,72H,11-13,18-20,22-24H2,1-6H3,(H,64,73)(H,65,75)(H,66,76)(H,67,74)/t30?,31?,36-,38-,39+,40+/m0/s1. The number of hydrogen-bond acceptors (Lipinski definition) is 14. The van der Waals surface area contributed by atoms with E-state index < -0.39 is 115 Å². The smallest absolute Gasteiger partial charge is 0.407 e. The molecule has 5 heterocycles. The number of fused-ring (bicyclic) bond motifs is 2. The van der Waals surface area contributed by atoms with Crippen LogP contribution in [0, 0.1) is 22.5 Å². The van der Waals surface area contributed by atoms with Crippen LogP contribution in [0.2, 0.25) is 0 Å². The highest BCUT2D eigenvalue weighted by Crippen LogP contribution is 2.42. The van der Waals surface area contributed by atoms with Crippen LogP contribution < -0.4 is 26.3 Å². The maximum absolute atomic E-state index is 16.1. The molecule has 6 atom stereocenters. The van der Waals surface area contributed by atoms with Gasteiger partial charge in [0.05, 0.1) is 68.5 Å². The number of carbonyl (C=O) groups is 4. The van der Waals surface area contributed by atoms with E-state index in [1.165, 1.54) is 12.1 Å². The Bertz CT molecular complexity index is 2760. The van der Waals surface area contributed by atoms with Gasteiger partial charge in [-0.2, -0.15) is 35.1 Å². The number of nitrogens with zero attached hydrogens (tertiary/aromatic N) is 7. The second-order valence-corrected chi connectivity index (χ2v) is 20.6. The zero-order chi connectivity index (χ0) is 57.9. The number of hydrogen-bond donors (Lipinski definition) is 5. The van der Waals surface area contributed by atoms with Gasteiger partial charge in [0.1, 0.15) is 23.7 Å². The van der Waals surface area contributed by atoms with Gasteiger partial charge in [-0.1, -0.05) is 24.3 Å². The van der Waals surface area contributed by atoms with Crippen LogP contribution in [0.25, 0.3) is 22.4 Å². The normalized spacial score (nSPS) is 18.8. The molecule has 2 unspecified atom stereocenters. The summed E-state index contributed by atoms with van der Waals surface area (Å²) in [6, 6.07) is 1.91. The molecule has 0 saturated carbocycles. The lowest BCUT2D eigenvalue weighted by Crippen LogP contribution is -2.63. The molecule has 3 aliphatic heterocycles. The summed E-state index contributed by atoms with van der Waals surface area (Å²) in [4.78, 5) is 70.6. The van der Waals surface area contributed by atoms with Crippen molar-refractivity contribution in [2.75, 3.05) is 52.0 Å². The summed E-state index contributed by atoms with van der Waals surface area (Å²) in [6.45, 7) is -0.153. The van der Waals surface area contributed by atoms with E-state index in [2.05, 4.69) is 39.5 Å². The fourth-order valence-electron chi connectivity index (χ4n) is 9.60. The molecule has 0 radical (unpaired) electrons. The fourth-order valence-corrected chi connectivity index (χ4v) is 9.60. The molecule has 4 aromatic rings. The van der Waals surface area contributed by atoms with E-state index in [9.17, 15) is 59.4 Å². The first-order valence-electron chi connectivity index (χ1n) is 24.7. The largest absolute Gasteiger partial charge is 0.453 e. The first-order chi connectivity index (χ1) is 37.0. The summed E-state index contributed by atoms with van der Waals surface area (Å²) < 4.78 is 161. The van der Waals surface area contributed by atoms with Crippen molar-refractivity contribution < 1.29 is 82.4 Å². The highest BCUT2D eigenvalue weighted by atomic mass is 19.4. The number of methoxy groups -OCH3 is 2. The minimum atomic E-state index is -5.23. The second kappa shape index (κ2) is 23.9. The Labute approximate surface area is 446 Å². The number of aliphatic hydroxyl groups excluding tert-OH is 1. The van der Waals surface area contributed by atoms with E-state index in [0.29, 0.717) is 104 Å². The molecular formula is C50H59F10N11O8. The van der Waals surface area contributed by atoms with E-state index in [1.807, 2.05) is 10.7 Å². The van der Waals surface area contributed by atoms with E-state index in [-0.39, 0.29) is 16.8 Å². The number of alkyl halides is 8. The van der Waals surface area contributed by atoms with Crippen LogP contribution in [0.15, 0.2) is 61.3 Å². The Morgan fingerprint density at radius 2 is 1.29 bits per heavy atom. The third-order valence-corrected chi connectivity index (χ3v) is 14.6. The highest BCUT2D eigenvalue weighted by Gasteiger charge is 2.57. The van der Waals surface area contributed by atoms with Crippen molar-refractivity contribution in [3.8, 4) is 22.4 Å². The summed E-state index contributed by atoms with van der Waals surface area (Å²) in [5.41, 5.74) is -4.26. The number of alkyl carbamates (subject to hydrolysis) is 2. The Balaban J connectivity index is 1.20. The molecular weight excluding hydrogens is 1070 g/mol. The maximum atomic E-state index is 16.1. The third kappa shape index (κ3) is 13.4. The van der Waals surface area contributed by atoms with Crippen LogP contribution in [0.4, 0.5) is 59.4 Å². The highest BCUT2D eigenvalue weighted by molar-refractivity contribution is 5.87. The lowest BCUT2D eigenvalue weighted by atomic mass is 9.82. The number of imidazole rings is 1. The van der Waals surface area contributed by atoms with Gasteiger partial charge in [-0.3, -0.25) is 24.5 Å². The Hall–Kier alpha value is -6.85. The lowest BCUT2D eigenvalue weighted by Gasteiger charge is -2.47. The van der Waals surface area contributed by atoms with E-state index >= 15 is 8.78 Å². The molecule has 3 saturated heterocycles. The summed E-state index contributed by atoms with van der Waals surface area (Å²) >= 11 is 0. The predicted molar refractivity (Wildman–Crippen MR) is 260 cm³/mol. The zero-order valence-corrected chi connectivity index (χ0v) is 43.5. The number of ether oxygens (including phenoxy) is 3. The van der Waals surface area contributed by atoms with Crippen molar-refractivity contribution in [2.24, 2.45) is 10.8 Å². The molecule has 2 aromatic carbocycles. The van der Waals surface area contributed by atoms with Gasteiger partial charge in [0.15, 0.2) is 0 Å². The lowest BCUT2D eigenvalue weighted by molar-refractivity contribution is -0.221. The molecule has 3 aliphatic rings. The number of aliphatic hydroxyl groups is 1. The molecule has 19 nitrogen and oxygen atoms in total. The van der Waals surface area contributed by atoms with Crippen molar-refractivity contribution in [1.29, 1.82) is 0 Å². The molecule has 4 amide bonds. The Kier molecular flexibility index (Phi) is 18.1. The molecule has 2 aromatic heterocycles. The molecule has 2 bridgehead atoms. The number of rotatable bonds is 20. The quantitative estimate of drug-likeness (QED) is 0.0487. The number of piperazine rings is 1. The molecule has 7 rings (SSSR count). The number of amides is 4. The molecule has 79 heavy (non-hydrogen) atoms. The number of nitrogens with one attached hydrogen (secondary N) is 4. The van der Waals surface area contributed by atoms with Crippen molar-refractivity contribution in [3.63, 3.8) is 0 Å². The average Bonchev–Trinajstić information content (AvgIpc) is 4.20. The van der Waals surface area contributed by atoms with Gasteiger partial charge in [0.25, 0.3) is 5.91 Å². The molecule has 0 aliphatic carbocycles. The first kappa shape index (κ1) is 59.8. The van der Waals surface area contributed by atoms with Crippen molar-refractivity contribution in [3.05, 3.63) is 84.1 Å². The van der Waals surface area contributed by atoms with Gasteiger partial charge in [-0.05, 0) is 70.2 Å². The van der Waals surface area contributed by atoms with Gasteiger partial charge in [-0.15, -0.1) is 0 Å². The number of aromatic nitrogens is 4. The van der Waals surface area contributed by atoms with Crippen LogP contribution in [-0.4, -0.2) is 160 Å². The molecule has 0 spiro atoms. The minimum Gasteiger partial charge on any atom is -0.453 e. The van der Waals surface area contributed by atoms with Gasteiger partial charge in [0, 0.05) is 73.5 Å². The second-order valence-electron chi connectivity index (χ2n) is 20.6. The summed E-state index contributed by atoms with van der Waals surface area (Å²) in [6.07, 6.45) is -9.18. The zero-order valence-electron chi connectivity index (χ0n) is 43.5. The SMILES string of the molecule is COC(=O)N[C@H](C(=O)N[C@@H](Cc1ccc(-c2cnc(N3CC4CCC(C3)N4C3COC3)nc2)cc1)[C@@H](O)CN(Cc1c(F)cc(-c2cn(C(F)F)cn2)cc1F)NC(=O)[C@@H](NC(=O)OC)C(C)(C)C(F)(F)F)C(C)(C)C(F)(F)F. The monoisotopic (exact) mass is 1130 g/mol. The van der Waals surface area contributed by atoms with Gasteiger partial charge in [-0.25, -0.2) is 38.3 Å². The number of benzene rings is 2. The van der Waals surface area contributed by atoms with Crippen LogP contribution >= 0.6 is 0 Å². The summed E-state index contributed by atoms with van der Waals surface area (Å²) in [5, 5.41) is 18.6. The number of hydrazine groups is 1. The summed E-state index contributed by atoms with van der Waals surface area (Å²) in [7, 11) is 1.61. The summed E-state index contributed by atoms with van der Waals surface area (Å²) in [5.74, 6) is -5.53. The van der Waals surface area contributed by atoms with Crippen LogP contribution in [-0.2, 0) is 36.8 Å². The van der Waals surface area contributed by atoms with Crippen LogP contribution in [0.1, 0.15) is 58.2 Å². The van der Waals surface area contributed by atoms with Gasteiger partial charge in [0.2, 0.25) is 11.9 Å². The molecule has 29 heteroatoms. The average molecular weight is 1130 g/mol. The van der Waals surface area contributed by atoms with Gasteiger partial charge < -0.3 is 40.2 Å². The van der Waals surface area contributed by atoms with Crippen LogP contribution in [0.3, 0.4) is 0 Å². The van der Waals surface area contributed by atoms with Gasteiger partial charge >= 0.3 is 31.1 Å². The predicted octanol–water partition coefficient (Wildman–Crippen LogP) is 6.28. The van der Waals surface area contributed by atoms with E-state index in [0.717, 1.165) is 46.3 Å². The minimum absolute atomic E-state index is 0.287.